The smallest absolute Gasteiger partial charge is 0.0102 e. The maximum absolute atomic E-state index is 5.82. The first-order valence-corrected chi connectivity index (χ1v) is 4.50. The highest BCUT2D eigenvalue weighted by Crippen LogP contribution is 2.24. The Morgan fingerprint density at radius 3 is 1.17 bits per heavy atom. The van der Waals surface area contributed by atoms with Gasteiger partial charge in [0.25, 0.3) is 0 Å². The first-order chi connectivity index (χ1) is 4.71. The van der Waals surface area contributed by atoms with E-state index in [1.54, 1.807) is 0 Å². The molecule has 0 bridgehead atoms. The fourth-order valence-corrected chi connectivity index (χ4v) is 1.37. The maximum Gasteiger partial charge on any atom is 0.0102 e. The van der Waals surface area contributed by atoms with Crippen molar-refractivity contribution in [3.05, 3.63) is 0 Å². The summed E-state index contributed by atoms with van der Waals surface area (Å²) in [5, 5.41) is 0. The van der Waals surface area contributed by atoms with E-state index in [9.17, 15) is 0 Å². The lowest BCUT2D eigenvalue weighted by molar-refractivity contribution is 0.286. The van der Waals surface area contributed by atoms with Crippen molar-refractivity contribution in [3.63, 3.8) is 0 Å². The van der Waals surface area contributed by atoms with Gasteiger partial charge in [0.1, 0.15) is 0 Å². The minimum absolute atomic E-state index is 0. The minimum Gasteiger partial charge on any atom is -0.326 e. The van der Waals surface area contributed by atoms with Crippen molar-refractivity contribution in [3.8, 4) is 0 Å². The van der Waals surface area contributed by atoms with Gasteiger partial charge in [-0.25, -0.2) is 0 Å². The Bertz CT molecular complexity index is 70.2. The highest BCUT2D eigenvalue weighted by molar-refractivity contribution is 4.78. The van der Waals surface area contributed by atoms with Crippen molar-refractivity contribution in [2.75, 3.05) is 0 Å². The summed E-state index contributed by atoms with van der Waals surface area (Å²) in [7, 11) is 0. The van der Waals surface area contributed by atoms with Crippen LogP contribution in [0.5, 0.6) is 0 Å². The van der Waals surface area contributed by atoms with Crippen LogP contribution >= 0.6 is 0 Å². The molecule has 0 aromatic rings. The van der Waals surface area contributed by atoms with Crippen molar-refractivity contribution in [1.82, 2.24) is 0 Å². The Kier molecular flexibility index (Phi) is 9.65. The molecular formula is C11H29N. The average molecular weight is 175 g/mol. The van der Waals surface area contributed by atoms with Crippen LogP contribution < -0.4 is 5.73 Å². The molecule has 0 unspecified atom stereocenters. The predicted octanol–water partition coefficient (Wildman–Crippen LogP) is 3.82. The van der Waals surface area contributed by atoms with E-state index in [2.05, 4.69) is 34.6 Å². The van der Waals surface area contributed by atoms with E-state index < -0.39 is 0 Å². The van der Waals surface area contributed by atoms with Crippen molar-refractivity contribution in [2.45, 2.75) is 67.9 Å². The van der Waals surface area contributed by atoms with Crippen LogP contribution in [0.2, 0.25) is 0 Å². The second-order valence-corrected chi connectivity index (χ2v) is 4.73. The van der Waals surface area contributed by atoms with Crippen LogP contribution in [0.1, 0.15) is 62.3 Å². The van der Waals surface area contributed by atoms with Crippen molar-refractivity contribution in [2.24, 2.45) is 11.1 Å². The molecule has 78 valence electrons. The third-order valence-corrected chi connectivity index (χ3v) is 0.986. The molecule has 0 aromatic heterocycles. The summed E-state index contributed by atoms with van der Waals surface area (Å²) in [5.74, 6) is 0. The van der Waals surface area contributed by atoms with Gasteiger partial charge in [-0.3, -0.25) is 0 Å². The van der Waals surface area contributed by atoms with E-state index in [1.807, 2.05) is 13.8 Å². The summed E-state index contributed by atoms with van der Waals surface area (Å²) >= 11 is 0. The zero-order chi connectivity index (χ0) is 9.71. The fraction of sp³-hybridized carbons (Fsp3) is 1.00. The van der Waals surface area contributed by atoms with Crippen LogP contribution in [0.4, 0.5) is 0 Å². The third kappa shape index (κ3) is 22.5. The number of hydrogen-bond donors (Lipinski definition) is 1. The lowest BCUT2D eigenvalue weighted by Crippen LogP contribution is -2.36. The third-order valence-electron chi connectivity index (χ3n) is 0.986. The van der Waals surface area contributed by atoms with E-state index in [1.165, 1.54) is 0 Å². The molecule has 0 radical (unpaired) electrons. The number of rotatable bonds is 1. The van der Waals surface area contributed by atoms with Crippen LogP contribution in [0.15, 0.2) is 0 Å². The summed E-state index contributed by atoms with van der Waals surface area (Å²) in [4.78, 5) is 0. The van der Waals surface area contributed by atoms with Gasteiger partial charge in [-0.1, -0.05) is 42.0 Å². The van der Waals surface area contributed by atoms with E-state index in [4.69, 9.17) is 5.73 Å². The number of hydrogen-bond acceptors (Lipinski definition) is 1. The molecule has 0 aliphatic heterocycles. The van der Waals surface area contributed by atoms with Gasteiger partial charge >= 0.3 is 0 Å². The first-order valence-electron chi connectivity index (χ1n) is 4.50. The van der Waals surface area contributed by atoms with E-state index >= 15 is 0 Å². The molecule has 0 aliphatic carbocycles. The Hall–Kier alpha value is -0.0400. The molecule has 0 aromatic carbocycles. The molecule has 0 fully saturated rings. The predicted molar refractivity (Wildman–Crippen MR) is 60.4 cm³/mol. The molecule has 0 heterocycles. The fourth-order valence-electron chi connectivity index (χ4n) is 1.37. The molecule has 0 saturated heterocycles. The van der Waals surface area contributed by atoms with Gasteiger partial charge in [-0.15, -0.1) is 0 Å². The lowest BCUT2D eigenvalue weighted by atomic mass is 9.82. The van der Waals surface area contributed by atoms with Crippen LogP contribution in [-0.2, 0) is 0 Å². The number of nitrogens with two attached hydrogens (primary N) is 1. The summed E-state index contributed by atoms with van der Waals surface area (Å²) in [6.45, 7) is 14.8. The normalized spacial score (nSPS) is 11.0. The Morgan fingerprint density at radius 1 is 0.917 bits per heavy atom. The van der Waals surface area contributed by atoms with Crippen LogP contribution in [0.3, 0.4) is 0 Å². The Morgan fingerprint density at radius 2 is 1.17 bits per heavy atom. The van der Waals surface area contributed by atoms with Gasteiger partial charge in [0.05, 0.1) is 0 Å². The molecule has 0 spiro atoms. The van der Waals surface area contributed by atoms with Gasteiger partial charge in [-0.05, 0) is 25.7 Å². The molecule has 1 heteroatoms. The zero-order valence-corrected chi connectivity index (χ0v) is 9.28. The first kappa shape index (κ1) is 17.9. The summed E-state index contributed by atoms with van der Waals surface area (Å²) in [6.07, 6.45) is 1.07. The molecule has 2 N–H and O–H groups in total. The minimum atomic E-state index is -0.0156. The Balaban J connectivity index is -0.000000249. The van der Waals surface area contributed by atoms with Gasteiger partial charge in [0, 0.05) is 5.54 Å². The van der Waals surface area contributed by atoms with E-state index in [-0.39, 0.29) is 13.0 Å². The monoisotopic (exact) mass is 175 g/mol. The molecule has 0 rings (SSSR count). The van der Waals surface area contributed by atoms with Crippen molar-refractivity contribution >= 4 is 0 Å². The average Bonchev–Trinajstić information content (AvgIpc) is 1.60. The molecule has 12 heavy (non-hydrogen) atoms. The van der Waals surface area contributed by atoms with E-state index in [0.29, 0.717) is 5.41 Å². The maximum atomic E-state index is 5.82. The molecule has 0 aliphatic rings. The van der Waals surface area contributed by atoms with Gasteiger partial charge in [0.2, 0.25) is 0 Å². The summed E-state index contributed by atoms with van der Waals surface area (Å²) in [6, 6.07) is 0. The highest BCUT2D eigenvalue weighted by atomic mass is 14.7. The lowest BCUT2D eigenvalue weighted by Gasteiger charge is -2.28. The van der Waals surface area contributed by atoms with Crippen molar-refractivity contribution < 1.29 is 0 Å². The second-order valence-electron chi connectivity index (χ2n) is 4.73. The van der Waals surface area contributed by atoms with E-state index in [0.717, 1.165) is 6.42 Å². The SMILES string of the molecule is C.CC.CC(C)(C)CC(C)(C)N. The largest absolute Gasteiger partial charge is 0.326 e. The van der Waals surface area contributed by atoms with Gasteiger partial charge in [0.15, 0.2) is 0 Å². The summed E-state index contributed by atoms with van der Waals surface area (Å²) < 4.78 is 0. The van der Waals surface area contributed by atoms with Crippen molar-refractivity contribution in [1.29, 1.82) is 0 Å². The molecule has 0 amide bonds. The molecule has 0 atom stereocenters. The topological polar surface area (TPSA) is 26.0 Å². The van der Waals surface area contributed by atoms with Crippen LogP contribution in [0.25, 0.3) is 0 Å². The zero-order valence-electron chi connectivity index (χ0n) is 9.28. The molecule has 1 nitrogen and oxygen atoms in total. The molecular weight excluding hydrogens is 146 g/mol. The molecule has 0 saturated carbocycles. The van der Waals surface area contributed by atoms with Gasteiger partial charge in [-0.2, -0.15) is 0 Å². The van der Waals surface area contributed by atoms with Crippen LogP contribution in [-0.4, -0.2) is 5.54 Å². The van der Waals surface area contributed by atoms with Gasteiger partial charge < -0.3 is 5.73 Å². The standard InChI is InChI=1S/C8H19N.C2H6.CH4/c1-7(2,3)6-8(4,5)9;1-2;/h6,9H2,1-5H3;1-2H3;1H4. The quantitative estimate of drug-likeness (QED) is 0.644. The van der Waals surface area contributed by atoms with Crippen LogP contribution in [0, 0.1) is 5.41 Å². The summed E-state index contributed by atoms with van der Waals surface area (Å²) in [5.41, 5.74) is 6.17. The highest BCUT2D eigenvalue weighted by Gasteiger charge is 2.20. The second kappa shape index (κ2) is 6.47. The Labute approximate surface area is 79.7 Å².